The number of hydrogen-bond donors (Lipinski definition) is 1. The van der Waals surface area contributed by atoms with Crippen LogP contribution in [0.1, 0.15) is 11.3 Å². The average Bonchev–Trinajstić information content (AvgIpc) is 2.71. The molecule has 84 valence electrons. The molecule has 1 heterocycles. The second kappa shape index (κ2) is 4.80. The molecule has 0 aliphatic carbocycles. The topological polar surface area (TPSA) is 30.9 Å². The third-order valence-electron chi connectivity index (χ3n) is 2.48. The van der Waals surface area contributed by atoms with Gasteiger partial charge in [-0.15, -0.1) is 0 Å². The van der Waals surface area contributed by atoms with Gasteiger partial charge in [0.2, 0.25) is 0 Å². The molecule has 2 aromatic rings. The maximum Gasteiger partial charge on any atom is 0.128 e. The number of nitrogens with two attached hydrogens (primary N) is 1. The highest BCUT2D eigenvalue weighted by Crippen LogP contribution is 2.17. The van der Waals surface area contributed by atoms with E-state index in [4.69, 9.17) is 5.73 Å². The van der Waals surface area contributed by atoms with Crippen LogP contribution in [0.5, 0.6) is 0 Å². The van der Waals surface area contributed by atoms with Crippen molar-refractivity contribution in [1.82, 2.24) is 4.57 Å². The monoisotopic (exact) mass is 282 g/mol. The Balaban J connectivity index is 2.30. The minimum atomic E-state index is -0.195. The summed E-state index contributed by atoms with van der Waals surface area (Å²) in [5.74, 6) is -0.195. The van der Waals surface area contributed by atoms with E-state index in [1.165, 1.54) is 6.07 Å². The molecule has 16 heavy (non-hydrogen) atoms. The first-order valence-corrected chi connectivity index (χ1v) is 5.78. The molecule has 2 rings (SSSR count). The minimum absolute atomic E-state index is 0.195. The van der Waals surface area contributed by atoms with E-state index in [-0.39, 0.29) is 5.82 Å². The van der Waals surface area contributed by atoms with Crippen molar-refractivity contribution >= 4 is 15.9 Å². The Morgan fingerprint density at radius 2 is 2.12 bits per heavy atom. The maximum atomic E-state index is 13.5. The second-order valence-electron chi connectivity index (χ2n) is 3.57. The largest absolute Gasteiger partial charge is 0.346 e. The van der Waals surface area contributed by atoms with Gasteiger partial charge < -0.3 is 10.3 Å². The summed E-state index contributed by atoms with van der Waals surface area (Å²) in [4.78, 5) is 0. The van der Waals surface area contributed by atoms with Crippen LogP contribution in [-0.2, 0) is 13.1 Å². The Kier molecular flexibility index (Phi) is 3.41. The van der Waals surface area contributed by atoms with Crippen LogP contribution < -0.4 is 5.73 Å². The third kappa shape index (κ3) is 2.33. The SMILES string of the molecule is NCc1cccn1Cc1cc(Br)ccc1F. The summed E-state index contributed by atoms with van der Waals surface area (Å²) in [7, 11) is 0. The molecule has 0 atom stereocenters. The molecule has 0 saturated carbocycles. The Hall–Kier alpha value is -1.13. The van der Waals surface area contributed by atoms with Gasteiger partial charge in [0, 0.05) is 28.5 Å². The van der Waals surface area contributed by atoms with Crippen LogP contribution in [0.15, 0.2) is 41.0 Å². The first-order chi connectivity index (χ1) is 7.70. The second-order valence-corrected chi connectivity index (χ2v) is 4.48. The van der Waals surface area contributed by atoms with Crippen LogP contribution >= 0.6 is 15.9 Å². The fourth-order valence-corrected chi connectivity index (χ4v) is 2.05. The molecule has 0 fully saturated rings. The van der Waals surface area contributed by atoms with Gasteiger partial charge in [0.1, 0.15) is 5.82 Å². The minimum Gasteiger partial charge on any atom is -0.346 e. The summed E-state index contributed by atoms with van der Waals surface area (Å²) in [5.41, 5.74) is 7.25. The highest BCUT2D eigenvalue weighted by atomic mass is 79.9. The lowest BCUT2D eigenvalue weighted by Crippen LogP contribution is -2.08. The van der Waals surface area contributed by atoms with Crippen molar-refractivity contribution in [1.29, 1.82) is 0 Å². The number of nitrogens with zero attached hydrogens (tertiary/aromatic N) is 1. The Morgan fingerprint density at radius 3 is 2.88 bits per heavy atom. The van der Waals surface area contributed by atoms with Crippen LogP contribution in [0.2, 0.25) is 0 Å². The number of aromatic nitrogens is 1. The molecule has 4 heteroatoms. The van der Waals surface area contributed by atoms with E-state index in [0.717, 1.165) is 10.2 Å². The van der Waals surface area contributed by atoms with Gasteiger partial charge in [0.25, 0.3) is 0 Å². The Bertz CT molecular complexity index is 494. The molecule has 0 aliphatic rings. The highest BCUT2D eigenvalue weighted by molar-refractivity contribution is 9.10. The lowest BCUT2D eigenvalue weighted by molar-refractivity contribution is 0.595. The molecule has 1 aromatic carbocycles. The number of halogens is 2. The Morgan fingerprint density at radius 1 is 1.31 bits per heavy atom. The average molecular weight is 283 g/mol. The van der Waals surface area contributed by atoms with E-state index in [1.807, 2.05) is 22.9 Å². The van der Waals surface area contributed by atoms with Crippen LogP contribution in [-0.4, -0.2) is 4.57 Å². The standard InChI is InChI=1S/C12H12BrFN2/c13-10-3-4-12(14)9(6-10)8-16-5-1-2-11(16)7-15/h1-6H,7-8,15H2. The number of benzene rings is 1. The molecule has 2 N–H and O–H groups in total. The zero-order chi connectivity index (χ0) is 11.5. The summed E-state index contributed by atoms with van der Waals surface area (Å²) in [5, 5.41) is 0. The molecule has 0 amide bonds. The summed E-state index contributed by atoms with van der Waals surface area (Å²) < 4.78 is 16.4. The van der Waals surface area contributed by atoms with E-state index in [1.54, 1.807) is 12.1 Å². The molecule has 0 spiro atoms. The molecular weight excluding hydrogens is 271 g/mol. The lowest BCUT2D eigenvalue weighted by Gasteiger charge is -2.09. The van der Waals surface area contributed by atoms with Crippen molar-refractivity contribution in [2.75, 3.05) is 0 Å². The van der Waals surface area contributed by atoms with Crippen molar-refractivity contribution in [2.24, 2.45) is 5.73 Å². The van der Waals surface area contributed by atoms with Gasteiger partial charge in [-0.25, -0.2) is 4.39 Å². The summed E-state index contributed by atoms with van der Waals surface area (Å²) >= 11 is 3.34. The van der Waals surface area contributed by atoms with E-state index >= 15 is 0 Å². The van der Waals surface area contributed by atoms with Crippen LogP contribution in [0.4, 0.5) is 4.39 Å². The predicted octanol–water partition coefficient (Wildman–Crippen LogP) is 2.90. The van der Waals surface area contributed by atoms with Gasteiger partial charge in [0.15, 0.2) is 0 Å². The molecule has 0 unspecified atom stereocenters. The van der Waals surface area contributed by atoms with Crippen molar-refractivity contribution < 1.29 is 4.39 Å². The van der Waals surface area contributed by atoms with Crippen molar-refractivity contribution in [3.05, 3.63) is 58.1 Å². The van der Waals surface area contributed by atoms with E-state index < -0.39 is 0 Å². The van der Waals surface area contributed by atoms with Gasteiger partial charge in [-0.2, -0.15) is 0 Å². The molecule has 1 aromatic heterocycles. The maximum absolute atomic E-state index is 13.5. The van der Waals surface area contributed by atoms with Gasteiger partial charge in [0.05, 0.1) is 6.54 Å². The summed E-state index contributed by atoms with van der Waals surface area (Å²) in [6, 6.07) is 8.80. The van der Waals surface area contributed by atoms with Crippen LogP contribution in [0.3, 0.4) is 0 Å². The molecule has 0 radical (unpaired) electrons. The lowest BCUT2D eigenvalue weighted by atomic mass is 10.2. The van der Waals surface area contributed by atoms with E-state index in [2.05, 4.69) is 15.9 Å². The normalized spacial score (nSPS) is 10.7. The summed E-state index contributed by atoms with van der Waals surface area (Å²) in [6.07, 6.45) is 1.91. The molecule has 0 saturated heterocycles. The number of hydrogen-bond acceptors (Lipinski definition) is 1. The van der Waals surface area contributed by atoms with E-state index in [9.17, 15) is 4.39 Å². The Labute approximate surface area is 102 Å². The molecule has 0 aliphatic heterocycles. The molecule has 2 nitrogen and oxygen atoms in total. The summed E-state index contributed by atoms with van der Waals surface area (Å²) in [6.45, 7) is 0.966. The van der Waals surface area contributed by atoms with Gasteiger partial charge in [-0.3, -0.25) is 0 Å². The fraction of sp³-hybridized carbons (Fsp3) is 0.167. The zero-order valence-corrected chi connectivity index (χ0v) is 10.2. The van der Waals surface area contributed by atoms with Gasteiger partial charge in [-0.05, 0) is 30.3 Å². The highest BCUT2D eigenvalue weighted by Gasteiger charge is 2.05. The molecular formula is C12H12BrFN2. The van der Waals surface area contributed by atoms with Crippen LogP contribution in [0, 0.1) is 5.82 Å². The molecule has 0 bridgehead atoms. The van der Waals surface area contributed by atoms with Gasteiger partial charge in [-0.1, -0.05) is 15.9 Å². The van der Waals surface area contributed by atoms with Crippen molar-refractivity contribution in [2.45, 2.75) is 13.1 Å². The number of rotatable bonds is 3. The first kappa shape index (κ1) is 11.4. The third-order valence-corrected chi connectivity index (χ3v) is 2.97. The predicted molar refractivity (Wildman–Crippen MR) is 65.5 cm³/mol. The quantitative estimate of drug-likeness (QED) is 0.922. The van der Waals surface area contributed by atoms with Crippen molar-refractivity contribution in [3.8, 4) is 0 Å². The van der Waals surface area contributed by atoms with E-state index in [0.29, 0.717) is 18.7 Å². The fourth-order valence-electron chi connectivity index (χ4n) is 1.64. The van der Waals surface area contributed by atoms with Crippen molar-refractivity contribution in [3.63, 3.8) is 0 Å². The smallest absolute Gasteiger partial charge is 0.128 e. The van der Waals surface area contributed by atoms with Crippen LogP contribution in [0.25, 0.3) is 0 Å². The van der Waals surface area contributed by atoms with Gasteiger partial charge >= 0.3 is 0 Å². The first-order valence-electron chi connectivity index (χ1n) is 4.98. The zero-order valence-electron chi connectivity index (χ0n) is 8.66.